The fraction of sp³-hybridized carbons (Fsp3) is 0.290. The number of carbonyl (C=O) groups is 3. The minimum absolute atomic E-state index is 0.210. The van der Waals surface area contributed by atoms with Crippen LogP contribution < -0.4 is 25.0 Å². The van der Waals surface area contributed by atoms with E-state index in [9.17, 15) is 14.4 Å². The van der Waals surface area contributed by atoms with Gasteiger partial charge in [-0.3, -0.25) is 9.59 Å². The van der Waals surface area contributed by atoms with Crippen molar-refractivity contribution in [2.45, 2.75) is 39.3 Å². The largest absolute Gasteiger partial charge is 0.490 e. The fourth-order valence-corrected chi connectivity index (χ4v) is 5.04. The summed E-state index contributed by atoms with van der Waals surface area (Å²) >= 11 is 14.2. The Morgan fingerprint density at radius 1 is 0.955 bits per heavy atom. The van der Waals surface area contributed by atoms with Crippen LogP contribution in [0.5, 0.6) is 17.2 Å². The summed E-state index contributed by atoms with van der Waals surface area (Å²) in [6.07, 6.45) is 0.682. The van der Waals surface area contributed by atoms with Gasteiger partial charge in [0.25, 0.3) is 11.8 Å². The molecule has 2 N–H and O–H groups in total. The second-order valence-corrected chi connectivity index (χ2v) is 11.2. The Hall–Kier alpha value is -3.55. The molecule has 0 aliphatic carbocycles. The van der Waals surface area contributed by atoms with Crippen molar-refractivity contribution in [3.8, 4) is 17.2 Å². The van der Waals surface area contributed by atoms with Crippen molar-refractivity contribution in [1.29, 1.82) is 0 Å². The second kappa shape index (κ2) is 17.7. The molecule has 2 amide bonds. The van der Waals surface area contributed by atoms with E-state index in [4.69, 9.17) is 42.1 Å². The highest BCUT2D eigenvalue weighted by atomic mass is 127. The average molecular weight is 756 g/mol. The van der Waals surface area contributed by atoms with E-state index in [1.807, 2.05) is 37.3 Å². The lowest BCUT2D eigenvalue weighted by Crippen LogP contribution is -2.50. The van der Waals surface area contributed by atoms with E-state index in [-0.39, 0.29) is 30.4 Å². The molecule has 3 aromatic carbocycles. The number of esters is 1. The quantitative estimate of drug-likeness (QED) is 0.0899. The smallest absolute Gasteiger partial charge is 0.344 e. The number of benzene rings is 3. The van der Waals surface area contributed by atoms with Crippen molar-refractivity contribution in [1.82, 2.24) is 10.7 Å². The van der Waals surface area contributed by atoms with E-state index in [1.165, 1.54) is 12.3 Å². The highest BCUT2D eigenvalue weighted by Gasteiger charge is 2.25. The molecule has 10 nitrogen and oxygen atoms in total. The molecule has 0 radical (unpaired) electrons. The van der Waals surface area contributed by atoms with Crippen LogP contribution in [0.3, 0.4) is 0 Å². The minimum Gasteiger partial charge on any atom is -0.490 e. The maximum absolute atomic E-state index is 13.2. The molecular formula is C31H32Cl2IN3O7. The van der Waals surface area contributed by atoms with Gasteiger partial charge in [-0.1, -0.05) is 53.5 Å². The Morgan fingerprint density at radius 2 is 1.70 bits per heavy atom. The van der Waals surface area contributed by atoms with Crippen LogP contribution in [0.2, 0.25) is 10.0 Å². The maximum Gasteiger partial charge on any atom is 0.344 e. The van der Waals surface area contributed by atoms with E-state index in [0.29, 0.717) is 32.3 Å². The Labute approximate surface area is 279 Å². The molecule has 0 saturated carbocycles. The van der Waals surface area contributed by atoms with Crippen LogP contribution in [0.25, 0.3) is 0 Å². The summed E-state index contributed by atoms with van der Waals surface area (Å²) in [6, 6.07) is 16.4. The lowest BCUT2D eigenvalue weighted by Gasteiger charge is -2.21. The van der Waals surface area contributed by atoms with Crippen molar-refractivity contribution in [3.63, 3.8) is 0 Å². The summed E-state index contributed by atoms with van der Waals surface area (Å²) in [5, 5.41) is 7.54. The van der Waals surface area contributed by atoms with Crippen molar-refractivity contribution < 1.29 is 33.3 Å². The molecule has 3 aromatic rings. The van der Waals surface area contributed by atoms with Crippen molar-refractivity contribution >= 4 is 69.8 Å². The molecule has 44 heavy (non-hydrogen) atoms. The summed E-state index contributed by atoms with van der Waals surface area (Å²) in [7, 11) is 0. The number of hydrazone groups is 1. The predicted molar refractivity (Wildman–Crippen MR) is 177 cm³/mol. The molecule has 0 aliphatic heterocycles. The van der Waals surface area contributed by atoms with Gasteiger partial charge >= 0.3 is 5.97 Å². The number of hydrogen-bond donors (Lipinski definition) is 2. The number of nitrogens with zero attached hydrogens (tertiary/aromatic N) is 1. The van der Waals surface area contributed by atoms with Crippen LogP contribution in [-0.4, -0.2) is 56.0 Å². The first-order valence-electron chi connectivity index (χ1n) is 13.6. The zero-order chi connectivity index (χ0) is 32.1. The monoisotopic (exact) mass is 755 g/mol. The second-order valence-electron chi connectivity index (χ2n) is 9.18. The fourth-order valence-electron chi connectivity index (χ4n) is 3.81. The van der Waals surface area contributed by atoms with E-state index >= 15 is 0 Å². The Morgan fingerprint density at radius 3 is 2.39 bits per heavy atom. The van der Waals surface area contributed by atoms with Crippen LogP contribution in [-0.2, 0) is 25.5 Å². The van der Waals surface area contributed by atoms with Gasteiger partial charge in [0.15, 0.2) is 24.2 Å². The summed E-state index contributed by atoms with van der Waals surface area (Å²) in [6.45, 7) is 5.42. The van der Waals surface area contributed by atoms with E-state index in [2.05, 4.69) is 38.4 Å². The molecule has 234 valence electrons. The third-order valence-electron chi connectivity index (χ3n) is 5.84. The molecule has 13 heteroatoms. The molecule has 0 aromatic heterocycles. The van der Waals surface area contributed by atoms with Gasteiger partial charge in [0.05, 0.1) is 28.0 Å². The first-order valence-corrected chi connectivity index (χ1v) is 15.5. The van der Waals surface area contributed by atoms with E-state index < -0.39 is 29.9 Å². The predicted octanol–water partition coefficient (Wildman–Crippen LogP) is 5.58. The molecule has 0 heterocycles. The van der Waals surface area contributed by atoms with Gasteiger partial charge in [0.2, 0.25) is 0 Å². The normalized spacial score (nSPS) is 12.2. The third kappa shape index (κ3) is 10.9. The van der Waals surface area contributed by atoms with Crippen LogP contribution in [0, 0.1) is 3.57 Å². The van der Waals surface area contributed by atoms with Gasteiger partial charge in [-0.25, -0.2) is 10.2 Å². The molecule has 3 rings (SSSR count). The number of rotatable bonds is 15. The number of amides is 2. The van der Waals surface area contributed by atoms with Crippen molar-refractivity contribution in [3.05, 3.63) is 85.4 Å². The van der Waals surface area contributed by atoms with Crippen molar-refractivity contribution in [2.24, 2.45) is 5.10 Å². The first kappa shape index (κ1) is 34.9. The zero-order valence-corrected chi connectivity index (χ0v) is 27.9. The lowest BCUT2D eigenvalue weighted by molar-refractivity contribution is -0.145. The molecule has 0 bridgehead atoms. The number of hydrogen-bond acceptors (Lipinski definition) is 8. The van der Waals surface area contributed by atoms with Crippen LogP contribution in [0.1, 0.15) is 31.9 Å². The van der Waals surface area contributed by atoms with Crippen LogP contribution >= 0.6 is 45.8 Å². The van der Waals surface area contributed by atoms with Gasteiger partial charge in [-0.2, -0.15) is 5.10 Å². The molecule has 2 atom stereocenters. The van der Waals surface area contributed by atoms with Gasteiger partial charge in [0, 0.05) is 11.4 Å². The third-order valence-corrected chi connectivity index (χ3v) is 7.17. The SMILES string of the molecule is CCOC(=O)COc1c(I)cc(/C=N\NC(=O)[C@@H](Cc2ccccc2)NC(=O)[C@H](C)Oc2ccc(Cl)cc2Cl)cc1OCC. The Kier molecular flexibility index (Phi) is 14.0. The zero-order valence-electron chi connectivity index (χ0n) is 24.3. The topological polar surface area (TPSA) is 125 Å². The van der Waals surface area contributed by atoms with Gasteiger partial charge in [-0.15, -0.1) is 0 Å². The summed E-state index contributed by atoms with van der Waals surface area (Å²) < 4.78 is 22.6. The molecule has 0 fully saturated rings. The maximum atomic E-state index is 13.2. The Bertz CT molecular complexity index is 1470. The van der Waals surface area contributed by atoms with Gasteiger partial charge in [-0.05, 0) is 84.8 Å². The summed E-state index contributed by atoms with van der Waals surface area (Å²) in [5.74, 6) is -0.476. The molecule has 0 unspecified atom stereocenters. The minimum atomic E-state index is -0.966. The number of halogens is 3. The molecular weight excluding hydrogens is 724 g/mol. The van der Waals surface area contributed by atoms with E-state index in [0.717, 1.165) is 5.56 Å². The van der Waals surface area contributed by atoms with Crippen LogP contribution in [0.15, 0.2) is 65.8 Å². The molecule has 0 saturated heterocycles. The van der Waals surface area contributed by atoms with Crippen molar-refractivity contribution in [2.75, 3.05) is 19.8 Å². The molecule has 0 spiro atoms. The Balaban J connectivity index is 1.72. The molecule has 0 aliphatic rings. The van der Waals surface area contributed by atoms with Gasteiger partial charge < -0.3 is 24.3 Å². The highest BCUT2D eigenvalue weighted by molar-refractivity contribution is 14.1. The highest BCUT2D eigenvalue weighted by Crippen LogP contribution is 2.34. The summed E-state index contributed by atoms with van der Waals surface area (Å²) in [4.78, 5) is 38.0. The first-order chi connectivity index (χ1) is 21.1. The summed E-state index contributed by atoms with van der Waals surface area (Å²) in [5.41, 5.74) is 3.94. The average Bonchev–Trinajstić information content (AvgIpc) is 2.98. The number of carbonyl (C=O) groups excluding carboxylic acids is 3. The van der Waals surface area contributed by atoms with Crippen LogP contribution in [0.4, 0.5) is 0 Å². The van der Waals surface area contributed by atoms with E-state index in [1.54, 1.807) is 38.1 Å². The lowest BCUT2D eigenvalue weighted by atomic mass is 10.1. The number of nitrogens with one attached hydrogen (secondary N) is 2. The van der Waals surface area contributed by atoms with Gasteiger partial charge in [0.1, 0.15) is 11.8 Å². The number of ether oxygens (including phenoxy) is 4. The standard InChI is InChI=1S/C31H32Cl2IN3O7/c1-4-41-27-15-21(13-24(34)29(27)43-18-28(38)42-5-2)17-35-37-31(40)25(14-20-9-7-6-8-10-20)36-30(39)19(3)44-26-12-11-22(32)16-23(26)33/h6-13,15-17,19,25H,4-5,14,18H2,1-3H3,(H,36,39)(H,37,40)/b35-17-/t19-,25+/m0/s1.